The van der Waals surface area contributed by atoms with E-state index in [0.717, 1.165) is 35.9 Å². The summed E-state index contributed by atoms with van der Waals surface area (Å²) in [6.45, 7) is 0.192. The minimum Gasteiger partial charge on any atom is -0.396 e. The molecule has 6 heteroatoms. The molecule has 1 unspecified atom stereocenters. The molecule has 1 aliphatic rings. The maximum Gasteiger partial charge on any atom is 0.175 e. The highest BCUT2D eigenvalue weighted by atomic mass is 32.2. The van der Waals surface area contributed by atoms with E-state index in [1.54, 1.807) is 12.1 Å². The molecular weight excluding hydrogens is 396 g/mol. The Kier molecular flexibility index (Phi) is 6.25. The average molecular weight is 427 g/mol. The maximum atomic E-state index is 11.8. The molecule has 2 aromatic heterocycles. The first-order valence-corrected chi connectivity index (χ1v) is 12.7. The van der Waals surface area contributed by atoms with Crippen LogP contribution in [0.3, 0.4) is 0 Å². The zero-order valence-corrected chi connectivity index (χ0v) is 18.3. The number of benzene rings is 1. The van der Waals surface area contributed by atoms with Crippen LogP contribution in [0.15, 0.2) is 47.5 Å². The van der Waals surface area contributed by atoms with Crippen molar-refractivity contribution in [1.82, 2.24) is 9.97 Å². The van der Waals surface area contributed by atoms with Crippen LogP contribution in [0.1, 0.15) is 54.8 Å². The molecule has 1 saturated carbocycles. The van der Waals surface area contributed by atoms with E-state index < -0.39 is 9.84 Å². The van der Waals surface area contributed by atoms with Gasteiger partial charge in [0.25, 0.3) is 0 Å². The number of fused-ring (bicyclic) bond motifs is 1. The van der Waals surface area contributed by atoms with Crippen LogP contribution >= 0.6 is 0 Å². The fourth-order valence-electron chi connectivity index (χ4n) is 4.76. The van der Waals surface area contributed by atoms with Gasteiger partial charge in [-0.3, -0.25) is 0 Å². The smallest absolute Gasteiger partial charge is 0.175 e. The number of H-pyrrole nitrogens is 1. The Morgan fingerprint density at radius 1 is 1.17 bits per heavy atom. The molecule has 0 aliphatic heterocycles. The highest BCUT2D eigenvalue weighted by molar-refractivity contribution is 7.90. The van der Waals surface area contributed by atoms with Crippen LogP contribution < -0.4 is 0 Å². The molecule has 0 radical (unpaired) electrons. The normalized spacial score (nSPS) is 16.3. The third kappa shape index (κ3) is 4.76. The van der Waals surface area contributed by atoms with E-state index in [-0.39, 0.29) is 6.61 Å². The summed E-state index contributed by atoms with van der Waals surface area (Å²) in [5.74, 6) is 0.983. The second-order valence-corrected chi connectivity index (χ2v) is 10.6. The van der Waals surface area contributed by atoms with E-state index in [9.17, 15) is 8.42 Å². The molecule has 0 saturated heterocycles. The van der Waals surface area contributed by atoms with Crippen molar-refractivity contribution in [3.63, 3.8) is 0 Å². The minimum absolute atomic E-state index is 0.192. The van der Waals surface area contributed by atoms with Crippen molar-refractivity contribution in [2.45, 2.75) is 55.8 Å². The Balaban J connectivity index is 1.60. The summed E-state index contributed by atoms with van der Waals surface area (Å²) in [6, 6.07) is 11.8. The number of rotatable bonds is 8. The minimum atomic E-state index is -3.18. The second kappa shape index (κ2) is 8.90. The van der Waals surface area contributed by atoms with Gasteiger partial charge >= 0.3 is 0 Å². The number of aliphatic hydroxyl groups is 1. The molecule has 2 N–H and O–H groups in total. The van der Waals surface area contributed by atoms with Gasteiger partial charge in [0, 0.05) is 30.1 Å². The van der Waals surface area contributed by atoms with E-state index in [1.165, 1.54) is 43.2 Å². The van der Waals surface area contributed by atoms with Crippen LogP contribution in [0.5, 0.6) is 0 Å². The SMILES string of the molecule is CS(=O)(=O)c1ccc(C(Cc2cc3cc(CCCO)cnc3[nH]2)C2CCCC2)cc1. The van der Waals surface area contributed by atoms with E-state index in [1.807, 2.05) is 18.3 Å². The van der Waals surface area contributed by atoms with E-state index in [2.05, 4.69) is 22.1 Å². The number of aromatic nitrogens is 2. The van der Waals surface area contributed by atoms with Crippen LogP contribution in [0.25, 0.3) is 11.0 Å². The van der Waals surface area contributed by atoms with Crippen molar-refractivity contribution in [3.05, 3.63) is 59.4 Å². The molecule has 1 fully saturated rings. The van der Waals surface area contributed by atoms with Crippen LogP contribution in [0.2, 0.25) is 0 Å². The van der Waals surface area contributed by atoms with Crippen molar-refractivity contribution in [3.8, 4) is 0 Å². The van der Waals surface area contributed by atoms with Gasteiger partial charge in [0.2, 0.25) is 0 Å². The summed E-state index contributed by atoms with van der Waals surface area (Å²) in [5, 5.41) is 10.2. The van der Waals surface area contributed by atoms with Gasteiger partial charge in [-0.25, -0.2) is 13.4 Å². The molecule has 1 aromatic carbocycles. The lowest BCUT2D eigenvalue weighted by Crippen LogP contribution is -2.13. The molecule has 0 bridgehead atoms. The first-order valence-electron chi connectivity index (χ1n) is 10.8. The number of aliphatic hydroxyl groups excluding tert-OH is 1. The monoisotopic (exact) mass is 426 g/mol. The number of sulfone groups is 1. The van der Waals surface area contributed by atoms with Gasteiger partial charge < -0.3 is 10.1 Å². The fourth-order valence-corrected chi connectivity index (χ4v) is 5.39. The Morgan fingerprint density at radius 3 is 2.57 bits per heavy atom. The standard InChI is InChI=1S/C24H30N2O3S/c1-30(28,29)22-10-8-19(9-11-22)23(18-6-2-3-7-18)15-21-14-20-13-17(5-4-12-27)16-25-24(20)26-21/h8-11,13-14,16,18,23,27H,2-7,12,15H2,1H3,(H,25,26). The number of hydrogen-bond acceptors (Lipinski definition) is 4. The molecule has 160 valence electrons. The molecule has 5 nitrogen and oxygen atoms in total. The molecular formula is C24H30N2O3S. The molecule has 30 heavy (non-hydrogen) atoms. The Bertz CT molecular complexity index is 1100. The lowest BCUT2D eigenvalue weighted by Gasteiger charge is -2.24. The molecule has 1 aliphatic carbocycles. The largest absolute Gasteiger partial charge is 0.396 e. The second-order valence-electron chi connectivity index (χ2n) is 8.60. The van der Waals surface area contributed by atoms with E-state index >= 15 is 0 Å². The van der Waals surface area contributed by atoms with E-state index in [0.29, 0.717) is 16.7 Å². The molecule has 2 heterocycles. The third-order valence-corrected chi connectivity index (χ3v) is 7.48. The maximum absolute atomic E-state index is 11.8. The lowest BCUT2D eigenvalue weighted by atomic mass is 9.82. The van der Waals surface area contributed by atoms with Crippen molar-refractivity contribution in [1.29, 1.82) is 0 Å². The lowest BCUT2D eigenvalue weighted by molar-refractivity contribution is 0.288. The van der Waals surface area contributed by atoms with Crippen molar-refractivity contribution >= 4 is 20.9 Å². The zero-order valence-electron chi connectivity index (χ0n) is 17.5. The van der Waals surface area contributed by atoms with E-state index in [4.69, 9.17) is 5.11 Å². The quantitative estimate of drug-likeness (QED) is 0.559. The van der Waals surface area contributed by atoms with Crippen LogP contribution in [0.4, 0.5) is 0 Å². The Morgan fingerprint density at radius 2 is 1.90 bits per heavy atom. The summed E-state index contributed by atoms with van der Waals surface area (Å²) in [6.07, 6.45) is 10.6. The number of nitrogens with zero attached hydrogens (tertiary/aromatic N) is 1. The van der Waals surface area contributed by atoms with Crippen molar-refractivity contribution in [2.24, 2.45) is 5.92 Å². The number of hydrogen-bond donors (Lipinski definition) is 2. The number of nitrogens with one attached hydrogen (secondary N) is 1. The first kappa shape index (κ1) is 21.1. The predicted octanol–water partition coefficient (Wildman–Crippen LogP) is 4.41. The summed E-state index contributed by atoms with van der Waals surface area (Å²) >= 11 is 0. The highest BCUT2D eigenvalue weighted by Crippen LogP contribution is 2.39. The number of pyridine rings is 1. The van der Waals surface area contributed by atoms with Gasteiger partial charge in [-0.15, -0.1) is 0 Å². The summed E-state index contributed by atoms with van der Waals surface area (Å²) in [5.41, 5.74) is 4.42. The summed E-state index contributed by atoms with van der Waals surface area (Å²) in [4.78, 5) is 8.43. The Hall–Kier alpha value is -2.18. The van der Waals surface area contributed by atoms with Gasteiger partial charge in [-0.2, -0.15) is 0 Å². The number of aromatic amines is 1. The summed E-state index contributed by atoms with van der Waals surface area (Å²) < 4.78 is 23.7. The zero-order chi connectivity index (χ0) is 21.1. The van der Waals surface area contributed by atoms with Crippen LogP contribution in [-0.2, 0) is 22.7 Å². The predicted molar refractivity (Wildman–Crippen MR) is 119 cm³/mol. The average Bonchev–Trinajstić information content (AvgIpc) is 3.39. The van der Waals surface area contributed by atoms with Crippen LogP contribution in [0, 0.1) is 5.92 Å². The molecule has 3 aromatic rings. The molecule has 0 spiro atoms. The third-order valence-electron chi connectivity index (χ3n) is 6.35. The number of aryl methyl sites for hydroxylation is 1. The van der Waals surface area contributed by atoms with Gasteiger partial charge in [-0.05, 0) is 79.3 Å². The van der Waals surface area contributed by atoms with Gasteiger partial charge in [-0.1, -0.05) is 25.0 Å². The van der Waals surface area contributed by atoms with Crippen molar-refractivity contribution in [2.75, 3.05) is 12.9 Å². The molecule has 0 amide bonds. The molecule has 4 rings (SSSR count). The molecule has 1 atom stereocenters. The topological polar surface area (TPSA) is 83.1 Å². The fraction of sp³-hybridized carbons (Fsp3) is 0.458. The van der Waals surface area contributed by atoms with Gasteiger partial charge in [0.05, 0.1) is 4.90 Å². The highest BCUT2D eigenvalue weighted by Gasteiger charge is 2.27. The first-order chi connectivity index (χ1) is 14.4. The summed E-state index contributed by atoms with van der Waals surface area (Å²) in [7, 11) is -3.18. The van der Waals surface area contributed by atoms with Crippen molar-refractivity contribution < 1.29 is 13.5 Å². The Labute approximate surface area is 178 Å². The van der Waals surface area contributed by atoms with Crippen LogP contribution in [-0.4, -0.2) is 36.4 Å². The van der Waals surface area contributed by atoms with Gasteiger partial charge in [0.15, 0.2) is 9.84 Å². The van der Waals surface area contributed by atoms with Gasteiger partial charge in [0.1, 0.15) is 5.65 Å².